The Labute approximate surface area is 103 Å². The van der Waals surface area contributed by atoms with Crippen LogP contribution in [0.5, 0.6) is 0 Å². The summed E-state index contributed by atoms with van der Waals surface area (Å²) in [5, 5.41) is 0. The molecule has 0 aromatic heterocycles. The van der Waals surface area contributed by atoms with Crippen LogP contribution in [0.1, 0.15) is 32.3 Å². The highest BCUT2D eigenvalue weighted by Gasteiger charge is 2.26. The topological polar surface area (TPSA) is 29.3 Å². The van der Waals surface area contributed by atoms with E-state index in [1.54, 1.807) is 6.92 Å². The lowest BCUT2D eigenvalue weighted by Gasteiger charge is -2.40. The van der Waals surface area contributed by atoms with Crippen molar-refractivity contribution in [1.82, 2.24) is 0 Å². The third kappa shape index (κ3) is 2.24. The average Bonchev–Trinajstić information content (AvgIpc) is 2.28. The van der Waals surface area contributed by atoms with E-state index >= 15 is 0 Å². The zero-order valence-electron chi connectivity index (χ0n) is 10.8. The number of hydrogen-bond acceptors (Lipinski definition) is 2. The average molecular weight is 236 g/mol. The van der Waals surface area contributed by atoms with Crippen molar-refractivity contribution in [2.45, 2.75) is 39.7 Å². The quantitative estimate of drug-likeness (QED) is 0.758. The first-order valence-corrected chi connectivity index (χ1v) is 6.33. The van der Waals surface area contributed by atoms with Gasteiger partial charge in [0.1, 0.15) is 5.82 Å². The highest BCUT2D eigenvalue weighted by atomic mass is 19.1. The molecule has 2 atom stereocenters. The number of piperidine rings is 1. The lowest BCUT2D eigenvalue weighted by Crippen LogP contribution is -2.42. The van der Waals surface area contributed by atoms with Gasteiger partial charge in [-0.15, -0.1) is 0 Å². The van der Waals surface area contributed by atoms with E-state index in [-0.39, 0.29) is 5.82 Å². The second-order valence-corrected chi connectivity index (χ2v) is 5.21. The summed E-state index contributed by atoms with van der Waals surface area (Å²) in [5.74, 6) is 0.442. The summed E-state index contributed by atoms with van der Waals surface area (Å²) < 4.78 is 13.4. The lowest BCUT2D eigenvalue weighted by atomic mass is 9.91. The van der Waals surface area contributed by atoms with Gasteiger partial charge in [0.2, 0.25) is 0 Å². The van der Waals surface area contributed by atoms with Crippen LogP contribution in [-0.4, -0.2) is 12.6 Å². The number of halogens is 1. The van der Waals surface area contributed by atoms with Crippen LogP contribution in [0.25, 0.3) is 0 Å². The maximum absolute atomic E-state index is 13.4. The molecule has 1 heterocycles. The zero-order chi connectivity index (χ0) is 12.6. The minimum absolute atomic E-state index is 0.219. The first-order chi connectivity index (χ1) is 8.00. The molecule has 0 radical (unpaired) electrons. The van der Waals surface area contributed by atoms with Crippen molar-refractivity contribution in [3.05, 3.63) is 23.5 Å². The molecule has 0 aliphatic carbocycles. The maximum atomic E-state index is 13.4. The first kappa shape index (κ1) is 12.2. The Morgan fingerprint density at radius 1 is 1.35 bits per heavy atom. The van der Waals surface area contributed by atoms with Gasteiger partial charge in [0.05, 0.1) is 11.4 Å². The van der Waals surface area contributed by atoms with Crippen LogP contribution in [0.4, 0.5) is 15.8 Å². The summed E-state index contributed by atoms with van der Waals surface area (Å²) in [5.41, 5.74) is 8.15. The van der Waals surface area contributed by atoms with Gasteiger partial charge in [0.15, 0.2) is 0 Å². The van der Waals surface area contributed by atoms with Crippen LogP contribution in [0, 0.1) is 18.7 Å². The highest BCUT2D eigenvalue weighted by molar-refractivity contribution is 5.69. The third-order valence-electron chi connectivity index (χ3n) is 3.99. The van der Waals surface area contributed by atoms with E-state index in [9.17, 15) is 4.39 Å². The molecule has 0 amide bonds. The van der Waals surface area contributed by atoms with Crippen molar-refractivity contribution >= 4 is 11.4 Å². The first-order valence-electron chi connectivity index (χ1n) is 6.33. The summed E-state index contributed by atoms with van der Waals surface area (Å²) >= 11 is 0. The minimum atomic E-state index is -0.219. The number of benzene rings is 1. The van der Waals surface area contributed by atoms with Crippen molar-refractivity contribution in [2.24, 2.45) is 5.92 Å². The zero-order valence-corrected chi connectivity index (χ0v) is 10.8. The second-order valence-electron chi connectivity index (χ2n) is 5.21. The number of rotatable bonds is 1. The van der Waals surface area contributed by atoms with Gasteiger partial charge in [-0.25, -0.2) is 4.39 Å². The Kier molecular flexibility index (Phi) is 3.27. The molecule has 0 saturated carbocycles. The van der Waals surface area contributed by atoms with Crippen LogP contribution in [0.15, 0.2) is 12.1 Å². The van der Waals surface area contributed by atoms with Crippen molar-refractivity contribution in [3.8, 4) is 0 Å². The van der Waals surface area contributed by atoms with Gasteiger partial charge in [0, 0.05) is 12.6 Å². The summed E-state index contributed by atoms with van der Waals surface area (Å²) in [7, 11) is 0. The Morgan fingerprint density at radius 3 is 2.76 bits per heavy atom. The van der Waals surface area contributed by atoms with Crippen LogP contribution in [0.2, 0.25) is 0 Å². The van der Waals surface area contributed by atoms with Crippen LogP contribution in [0.3, 0.4) is 0 Å². The predicted octanol–water partition coefficient (Wildman–Crippen LogP) is 3.34. The van der Waals surface area contributed by atoms with Crippen molar-refractivity contribution in [2.75, 3.05) is 17.2 Å². The number of aryl methyl sites for hydroxylation is 1. The fourth-order valence-electron chi connectivity index (χ4n) is 2.61. The Hall–Kier alpha value is -1.25. The normalized spacial score (nSPS) is 25.1. The Morgan fingerprint density at radius 2 is 2.06 bits per heavy atom. The smallest absolute Gasteiger partial charge is 0.128 e. The Bertz CT molecular complexity index is 417. The molecule has 3 heteroatoms. The van der Waals surface area contributed by atoms with Crippen LogP contribution in [-0.2, 0) is 0 Å². The molecule has 2 nitrogen and oxygen atoms in total. The number of anilines is 2. The highest BCUT2D eigenvalue weighted by Crippen LogP contribution is 2.33. The summed E-state index contributed by atoms with van der Waals surface area (Å²) in [6.07, 6.45) is 2.44. The van der Waals surface area contributed by atoms with Gasteiger partial charge < -0.3 is 10.6 Å². The number of nitrogens with two attached hydrogens (primary N) is 1. The molecule has 2 unspecified atom stereocenters. The molecular formula is C14H21FN2. The van der Waals surface area contributed by atoms with E-state index in [0.717, 1.165) is 12.2 Å². The maximum Gasteiger partial charge on any atom is 0.128 e. The molecule has 1 aliphatic heterocycles. The van der Waals surface area contributed by atoms with Gasteiger partial charge in [-0.2, -0.15) is 0 Å². The SMILES string of the molecule is Cc1cc(N2CCCC(C)C2C)c(N)cc1F. The molecule has 1 saturated heterocycles. The van der Waals surface area contributed by atoms with Gasteiger partial charge in [-0.1, -0.05) is 6.92 Å². The summed E-state index contributed by atoms with van der Waals surface area (Å²) in [4.78, 5) is 2.32. The predicted molar refractivity (Wildman–Crippen MR) is 70.8 cm³/mol. The van der Waals surface area contributed by atoms with Crippen LogP contribution >= 0.6 is 0 Å². The van der Waals surface area contributed by atoms with E-state index in [1.807, 2.05) is 6.07 Å². The summed E-state index contributed by atoms with van der Waals surface area (Å²) in [6.45, 7) is 7.29. The Balaban J connectivity index is 2.36. The summed E-state index contributed by atoms with van der Waals surface area (Å²) in [6, 6.07) is 3.78. The molecule has 0 spiro atoms. The van der Waals surface area contributed by atoms with E-state index in [4.69, 9.17) is 5.73 Å². The van der Waals surface area contributed by atoms with E-state index in [1.165, 1.54) is 18.9 Å². The standard InChI is InChI=1S/C14H21FN2/c1-9-5-4-6-17(11(9)3)14-7-10(2)12(15)8-13(14)16/h7-9,11H,4-6,16H2,1-3H3. The van der Waals surface area contributed by atoms with Crippen LogP contribution < -0.4 is 10.6 Å². The van der Waals surface area contributed by atoms with Crippen molar-refractivity contribution in [1.29, 1.82) is 0 Å². The van der Waals surface area contributed by atoms with E-state index in [0.29, 0.717) is 23.2 Å². The molecule has 2 rings (SSSR count). The fourth-order valence-corrected chi connectivity index (χ4v) is 2.61. The molecule has 0 bridgehead atoms. The molecule has 2 N–H and O–H groups in total. The number of hydrogen-bond donors (Lipinski definition) is 1. The van der Waals surface area contributed by atoms with Gasteiger partial charge in [-0.05, 0) is 50.3 Å². The third-order valence-corrected chi connectivity index (χ3v) is 3.99. The van der Waals surface area contributed by atoms with Gasteiger partial charge >= 0.3 is 0 Å². The monoisotopic (exact) mass is 236 g/mol. The second kappa shape index (κ2) is 4.55. The molecular weight excluding hydrogens is 215 g/mol. The van der Waals surface area contributed by atoms with Gasteiger partial charge in [-0.3, -0.25) is 0 Å². The number of nitrogens with zero attached hydrogens (tertiary/aromatic N) is 1. The minimum Gasteiger partial charge on any atom is -0.397 e. The molecule has 17 heavy (non-hydrogen) atoms. The largest absolute Gasteiger partial charge is 0.397 e. The van der Waals surface area contributed by atoms with Gasteiger partial charge in [0.25, 0.3) is 0 Å². The van der Waals surface area contributed by atoms with E-state index < -0.39 is 0 Å². The molecule has 94 valence electrons. The van der Waals surface area contributed by atoms with E-state index in [2.05, 4.69) is 18.7 Å². The molecule has 1 aromatic rings. The number of nitrogen functional groups attached to an aromatic ring is 1. The molecule has 1 aliphatic rings. The molecule has 1 aromatic carbocycles. The van der Waals surface area contributed by atoms with Crippen molar-refractivity contribution in [3.63, 3.8) is 0 Å². The lowest BCUT2D eigenvalue weighted by molar-refractivity contribution is 0.364. The van der Waals surface area contributed by atoms with Crippen molar-refractivity contribution < 1.29 is 4.39 Å². The fraction of sp³-hybridized carbons (Fsp3) is 0.571. The molecule has 1 fully saturated rings.